The molecule has 0 radical (unpaired) electrons. The van der Waals surface area contributed by atoms with E-state index >= 15 is 0 Å². The van der Waals surface area contributed by atoms with Gasteiger partial charge in [0.1, 0.15) is 10.5 Å². The lowest BCUT2D eigenvalue weighted by Gasteiger charge is -2.27. The second kappa shape index (κ2) is 4.90. The Labute approximate surface area is 92.2 Å². The molecule has 2 atom stereocenters. The van der Waals surface area contributed by atoms with Gasteiger partial charge in [-0.15, -0.1) is 0 Å². The van der Waals surface area contributed by atoms with Crippen LogP contribution in [-0.4, -0.2) is 27.8 Å². The Bertz CT molecular complexity index is 192. The lowest BCUT2D eigenvalue weighted by molar-refractivity contribution is 0.0794. The molecule has 2 unspecified atom stereocenters. The van der Waals surface area contributed by atoms with Crippen molar-refractivity contribution in [2.75, 3.05) is 0 Å². The minimum absolute atomic E-state index is 0.223. The molecule has 0 spiro atoms. The Morgan fingerprint density at radius 3 is 2.67 bits per heavy atom. The number of aliphatic hydroxyl groups is 1. The van der Waals surface area contributed by atoms with Crippen LogP contribution in [0.5, 0.6) is 0 Å². The van der Waals surface area contributed by atoms with E-state index in [2.05, 4.69) is 31.9 Å². The zero-order chi connectivity index (χ0) is 9.14. The van der Waals surface area contributed by atoms with Gasteiger partial charge in [0.25, 0.3) is 0 Å². The summed E-state index contributed by atoms with van der Waals surface area (Å²) in [5.74, 6) is 0. The zero-order valence-electron chi connectivity index (χ0n) is 6.89. The molecule has 5 heteroatoms. The van der Waals surface area contributed by atoms with Crippen LogP contribution in [0.3, 0.4) is 0 Å². The molecule has 2 nitrogen and oxygen atoms in total. The van der Waals surface area contributed by atoms with Gasteiger partial charge in [0.05, 0.1) is 15.6 Å². The summed E-state index contributed by atoms with van der Waals surface area (Å²) in [7, 11) is 0.744. The number of hydrogen-bond acceptors (Lipinski definition) is 2. The molecule has 0 amide bonds. The third kappa shape index (κ3) is 2.96. The highest BCUT2D eigenvalue weighted by molar-refractivity contribution is 9.28. The molecular weight excluding hydrogens is 304 g/mol. The second-order valence-electron chi connectivity index (χ2n) is 3.02. The molecule has 1 fully saturated rings. The van der Waals surface area contributed by atoms with Crippen LogP contribution in [0.1, 0.15) is 19.3 Å². The fourth-order valence-electron chi connectivity index (χ4n) is 1.45. The quantitative estimate of drug-likeness (QED) is 0.737. The average molecular weight is 316 g/mol. The molecule has 1 rings (SSSR count). The Hall–Kier alpha value is 0.837. The Morgan fingerprint density at radius 2 is 2.17 bits per heavy atom. The van der Waals surface area contributed by atoms with Crippen LogP contribution in [0.4, 0.5) is 0 Å². The van der Waals surface area contributed by atoms with E-state index in [0.29, 0.717) is 0 Å². The van der Waals surface area contributed by atoms with Crippen molar-refractivity contribution in [2.24, 2.45) is 0 Å². The molecule has 0 aromatic heterocycles. The smallest absolute Gasteiger partial charge is 0.146 e. The van der Waals surface area contributed by atoms with E-state index in [-0.39, 0.29) is 12.2 Å². The van der Waals surface area contributed by atoms with Crippen molar-refractivity contribution in [3.63, 3.8) is 0 Å². The monoisotopic (exact) mass is 314 g/mol. The highest BCUT2D eigenvalue weighted by Gasteiger charge is 2.23. The van der Waals surface area contributed by atoms with Crippen molar-refractivity contribution in [3.05, 3.63) is 8.96 Å². The van der Waals surface area contributed by atoms with E-state index in [9.17, 15) is 5.11 Å². The minimum atomic E-state index is -0.238. The van der Waals surface area contributed by atoms with Crippen LogP contribution in [0, 0.1) is 0 Å². The first-order valence-corrected chi connectivity index (χ1v) is 6.27. The van der Waals surface area contributed by atoms with Crippen molar-refractivity contribution in [2.45, 2.75) is 31.5 Å². The van der Waals surface area contributed by atoms with Crippen LogP contribution in [0.15, 0.2) is 8.96 Å². The van der Waals surface area contributed by atoms with Crippen LogP contribution < -0.4 is 0 Å². The Kier molecular flexibility index (Phi) is 4.46. The van der Waals surface area contributed by atoms with Crippen molar-refractivity contribution >= 4 is 42.3 Å². The second-order valence-corrected chi connectivity index (χ2v) is 6.14. The first kappa shape index (κ1) is 10.9. The molecule has 1 aliphatic rings. The molecule has 0 saturated heterocycles. The first-order valence-electron chi connectivity index (χ1n) is 3.87. The van der Waals surface area contributed by atoms with Gasteiger partial charge in [-0.1, -0.05) is 0 Å². The molecule has 0 heterocycles. The van der Waals surface area contributed by atoms with Gasteiger partial charge in [-0.2, -0.15) is 0 Å². The lowest BCUT2D eigenvalue weighted by atomic mass is 9.91. The van der Waals surface area contributed by atoms with Crippen molar-refractivity contribution in [3.8, 4) is 0 Å². The standard InChI is InChI=1S/C7H12Br2O2Si/c8-7(9)4-1-5(10)3-6(2-4)11-12/h5-6,10H,1-3H2,12H3. The third-order valence-corrected chi connectivity index (χ3v) is 3.88. The highest BCUT2D eigenvalue weighted by atomic mass is 79.9. The molecule has 1 aliphatic carbocycles. The Balaban J connectivity index is 2.63. The first-order chi connectivity index (χ1) is 5.63. The van der Waals surface area contributed by atoms with Crippen LogP contribution in [0.2, 0.25) is 0 Å². The van der Waals surface area contributed by atoms with Crippen LogP contribution in [-0.2, 0) is 4.43 Å². The fourth-order valence-corrected chi connectivity index (χ4v) is 2.45. The molecule has 0 aromatic rings. The predicted molar refractivity (Wildman–Crippen MR) is 59.5 cm³/mol. The number of rotatable bonds is 1. The zero-order valence-corrected chi connectivity index (χ0v) is 12.1. The summed E-state index contributed by atoms with van der Waals surface area (Å²) < 4.78 is 6.31. The normalized spacial score (nSPS) is 30.8. The maximum Gasteiger partial charge on any atom is 0.146 e. The number of aliphatic hydroxyl groups excluding tert-OH is 1. The van der Waals surface area contributed by atoms with Crippen molar-refractivity contribution < 1.29 is 9.53 Å². The lowest BCUT2D eigenvalue weighted by Crippen LogP contribution is -2.27. The molecule has 0 aliphatic heterocycles. The molecular formula is C7H12Br2O2Si. The van der Waals surface area contributed by atoms with Gasteiger partial charge in [0.15, 0.2) is 0 Å². The van der Waals surface area contributed by atoms with E-state index in [4.69, 9.17) is 4.43 Å². The molecule has 1 N–H and O–H groups in total. The van der Waals surface area contributed by atoms with Crippen molar-refractivity contribution in [1.29, 1.82) is 0 Å². The molecule has 12 heavy (non-hydrogen) atoms. The van der Waals surface area contributed by atoms with E-state index in [1.54, 1.807) is 0 Å². The van der Waals surface area contributed by atoms with Crippen LogP contribution in [0.25, 0.3) is 0 Å². The summed E-state index contributed by atoms with van der Waals surface area (Å²) >= 11 is 6.72. The van der Waals surface area contributed by atoms with Gasteiger partial charge in [0, 0.05) is 0 Å². The maximum absolute atomic E-state index is 9.49. The third-order valence-electron chi connectivity index (χ3n) is 2.09. The topological polar surface area (TPSA) is 29.5 Å². The predicted octanol–water partition coefficient (Wildman–Crippen LogP) is 1.20. The van der Waals surface area contributed by atoms with E-state index in [1.807, 2.05) is 0 Å². The van der Waals surface area contributed by atoms with Gasteiger partial charge < -0.3 is 9.53 Å². The number of hydrogen-bond donors (Lipinski definition) is 1. The van der Waals surface area contributed by atoms with Gasteiger partial charge in [0.2, 0.25) is 0 Å². The van der Waals surface area contributed by atoms with Crippen LogP contribution >= 0.6 is 31.9 Å². The van der Waals surface area contributed by atoms with E-state index in [0.717, 1.165) is 33.1 Å². The molecule has 1 saturated carbocycles. The molecule has 0 aromatic carbocycles. The summed E-state index contributed by atoms with van der Waals surface area (Å²) in [5, 5.41) is 9.49. The van der Waals surface area contributed by atoms with Crippen molar-refractivity contribution in [1.82, 2.24) is 0 Å². The summed E-state index contributed by atoms with van der Waals surface area (Å²) in [4.78, 5) is 0. The van der Waals surface area contributed by atoms with Gasteiger partial charge >= 0.3 is 0 Å². The molecule has 70 valence electrons. The average Bonchev–Trinajstić information content (AvgIpc) is 2.03. The number of halogens is 2. The summed E-state index contributed by atoms with van der Waals surface area (Å²) in [6.45, 7) is 0. The highest BCUT2D eigenvalue weighted by Crippen LogP contribution is 2.32. The molecule has 0 bridgehead atoms. The summed E-state index contributed by atoms with van der Waals surface area (Å²) in [5.41, 5.74) is 1.22. The summed E-state index contributed by atoms with van der Waals surface area (Å²) in [6, 6.07) is 0. The fraction of sp³-hybridized carbons (Fsp3) is 0.714. The summed E-state index contributed by atoms with van der Waals surface area (Å²) in [6.07, 6.45) is 2.46. The largest absolute Gasteiger partial charge is 0.425 e. The Morgan fingerprint density at radius 1 is 1.50 bits per heavy atom. The SMILES string of the molecule is OC1CC(=C(Br)Br)CC(O[SiH3])C1. The maximum atomic E-state index is 9.49. The van der Waals surface area contributed by atoms with Gasteiger partial charge in [-0.05, 0) is 56.7 Å². The van der Waals surface area contributed by atoms with Gasteiger partial charge in [-0.3, -0.25) is 0 Å². The van der Waals surface area contributed by atoms with E-state index in [1.165, 1.54) is 5.57 Å². The minimum Gasteiger partial charge on any atom is -0.425 e. The van der Waals surface area contributed by atoms with E-state index < -0.39 is 0 Å². The van der Waals surface area contributed by atoms with Gasteiger partial charge in [-0.25, -0.2) is 0 Å².